The van der Waals surface area contributed by atoms with E-state index in [9.17, 15) is 22.8 Å². The number of benzene rings is 1. The Morgan fingerprint density at radius 3 is 2.55 bits per heavy atom. The molecule has 29 heavy (non-hydrogen) atoms. The third-order valence-electron chi connectivity index (χ3n) is 4.53. The highest BCUT2D eigenvalue weighted by atomic mass is 19.4. The minimum absolute atomic E-state index is 0.0421. The van der Waals surface area contributed by atoms with E-state index in [2.05, 4.69) is 20.1 Å². The normalized spacial score (nSPS) is 12.8. The lowest BCUT2D eigenvalue weighted by Gasteiger charge is -2.17. The van der Waals surface area contributed by atoms with Crippen LogP contribution in [0.1, 0.15) is 35.5 Å². The first-order valence-electron chi connectivity index (χ1n) is 8.76. The fraction of sp³-hybridized carbons (Fsp3) is 0.316. The molecule has 1 atom stereocenters. The van der Waals surface area contributed by atoms with Crippen LogP contribution in [0, 0.1) is 13.8 Å². The lowest BCUT2D eigenvalue weighted by molar-refractivity contribution is -0.274. The van der Waals surface area contributed by atoms with Crippen LogP contribution >= 0.6 is 0 Å². The number of H-pyrrole nitrogens is 1. The monoisotopic (exact) mass is 408 g/mol. The highest BCUT2D eigenvalue weighted by molar-refractivity contribution is 5.79. The van der Waals surface area contributed by atoms with Crippen LogP contribution in [0.4, 0.5) is 13.2 Å². The number of carbonyl (C=O) groups excluding carboxylic acids is 1. The number of aromatic nitrogens is 3. The maximum absolute atomic E-state index is 12.5. The smallest absolute Gasteiger partial charge is 0.406 e. The standard InChI is InChI=1S/C19H19F3N4O3/c1-10(13-4-6-14(7-5-13)29-19(20,21)22)24-17(27)8-15-11(2)23-16-9-18(28)25-26(16)12(15)3/h4-7,9-10H,8H2,1-3H3,(H,24,27)(H,25,28). The first-order valence-corrected chi connectivity index (χ1v) is 8.76. The number of nitrogens with one attached hydrogen (secondary N) is 2. The minimum Gasteiger partial charge on any atom is -0.406 e. The Kier molecular flexibility index (Phi) is 5.36. The van der Waals surface area contributed by atoms with Crippen LogP contribution in [-0.2, 0) is 11.2 Å². The van der Waals surface area contributed by atoms with Crippen molar-refractivity contribution in [2.24, 2.45) is 0 Å². The number of hydrogen-bond acceptors (Lipinski definition) is 4. The van der Waals surface area contributed by atoms with Gasteiger partial charge < -0.3 is 10.1 Å². The zero-order valence-electron chi connectivity index (χ0n) is 15.9. The first kappa shape index (κ1) is 20.4. The zero-order valence-corrected chi connectivity index (χ0v) is 15.9. The van der Waals surface area contributed by atoms with Gasteiger partial charge in [0.1, 0.15) is 5.75 Å². The number of halogens is 3. The van der Waals surface area contributed by atoms with Gasteiger partial charge in [-0.15, -0.1) is 13.2 Å². The molecule has 0 fully saturated rings. The van der Waals surface area contributed by atoms with Crippen LogP contribution in [0.25, 0.3) is 5.65 Å². The van der Waals surface area contributed by atoms with Gasteiger partial charge in [-0.1, -0.05) is 12.1 Å². The molecule has 0 radical (unpaired) electrons. The average Bonchev–Trinajstić information content (AvgIpc) is 2.98. The van der Waals surface area contributed by atoms with Crippen molar-refractivity contribution >= 4 is 11.6 Å². The summed E-state index contributed by atoms with van der Waals surface area (Å²) in [6.45, 7) is 5.26. The highest BCUT2D eigenvalue weighted by Crippen LogP contribution is 2.24. The van der Waals surface area contributed by atoms with Crippen molar-refractivity contribution in [3.63, 3.8) is 0 Å². The number of carbonyl (C=O) groups is 1. The van der Waals surface area contributed by atoms with Crippen LogP contribution < -0.4 is 15.6 Å². The predicted octanol–water partition coefficient (Wildman–Crippen LogP) is 2.96. The van der Waals surface area contributed by atoms with Gasteiger partial charge in [0.25, 0.3) is 5.56 Å². The maximum atomic E-state index is 12.5. The van der Waals surface area contributed by atoms with Gasteiger partial charge in [0, 0.05) is 23.0 Å². The second kappa shape index (κ2) is 7.61. The van der Waals surface area contributed by atoms with Gasteiger partial charge >= 0.3 is 6.36 Å². The fourth-order valence-electron chi connectivity index (χ4n) is 3.11. The van der Waals surface area contributed by atoms with E-state index in [1.165, 1.54) is 34.8 Å². The van der Waals surface area contributed by atoms with Crippen LogP contribution in [0.15, 0.2) is 35.1 Å². The summed E-state index contributed by atoms with van der Waals surface area (Å²) in [6, 6.07) is 6.26. The van der Waals surface area contributed by atoms with Crippen molar-refractivity contribution < 1.29 is 22.7 Å². The SMILES string of the molecule is Cc1nc2cc(=O)[nH]n2c(C)c1CC(=O)NC(C)c1ccc(OC(F)(F)F)cc1. The van der Waals surface area contributed by atoms with Crippen LogP contribution in [-0.4, -0.2) is 26.9 Å². The maximum Gasteiger partial charge on any atom is 0.573 e. The van der Waals surface area contributed by atoms with Crippen LogP contribution in [0.3, 0.4) is 0 Å². The van der Waals surface area contributed by atoms with Gasteiger partial charge in [-0.25, -0.2) is 9.50 Å². The molecule has 0 bridgehead atoms. The topological polar surface area (TPSA) is 88.5 Å². The Morgan fingerprint density at radius 2 is 1.93 bits per heavy atom. The fourth-order valence-corrected chi connectivity index (χ4v) is 3.11. The Hall–Kier alpha value is -3.30. The van der Waals surface area contributed by atoms with E-state index in [0.29, 0.717) is 28.2 Å². The highest BCUT2D eigenvalue weighted by Gasteiger charge is 2.31. The average molecular weight is 408 g/mol. The molecular weight excluding hydrogens is 389 g/mol. The van der Waals surface area contributed by atoms with Gasteiger partial charge in [-0.05, 0) is 38.5 Å². The Labute approximate surface area is 163 Å². The molecule has 0 aliphatic heterocycles. The predicted molar refractivity (Wildman–Crippen MR) is 98.7 cm³/mol. The van der Waals surface area contributed by atoms with Crippen molar-refractivity contribution in [2.45, 2.75) is 39.6 Å². The Bertz CT molecular complexity index is 1100. The largest absolute Gasteiger partial charge is 0.573 e. The lowest BCUT2D eigenvalue weighted by atomic mass is 10.1. The van der Waals surface area contributed by atoms with E-state index in [4.69, 9.17) is 0 Å². The number of aryl methyl sites for hydroxylation is 2. The number of fused-ring (bicyclic) bond motifs is 1. The molecule has 2 aromatic heterocycles. The molecule has 1 amide bonds. The molecule has 154 valence electrons. The molecule has 1 unspecified atom stereocenters. The second-order valence-corrected chi connectivity index (χ2v) is 6.66. The quantitative estimate of drug-likeness (QED) is 0.680. The first-order chi connectivity index (χ1) is 13.5. The summed E-state index contributed by atoms with van der Waals surface area (Å²) in [5, 5.41) is 5.44. The minimum atomic E-state index is -4.75. The molecule has 0 saturated carbocycles. The molecule has 0 saturated heterocycles. The van der Waals surface area contributed by atoms with Gasteiger partial charge in [0.15, 0.2) is 5.65 Å². The number of nitrogens with zero attached hydrogens (tertiary/aromatic N) is 2. The second-order valence-electron chi connectivity index (χ2n) is 6.66. The number of aromatic amines is 1. The molecule has 2 N–H and O–H groups in total. The van der Waals surface area contributed by atoms with E-state index < -0.39 is 12.4 Å². The summed E-state index contributed by atoms with van der Waals surface area (Å²) in [4.78, 5) is 28.4. The molecule has 10 heteroatoms. The molecular formula is C19H19F3N4O3. The third-order valence-corrected chi connectivity index (χ3v) is 4.53. The third kappa shape index (κ3) is 4.76. The summed E-state index contributed by atoms with van der Waals surface area (Å²) in [6.07, 6.45) is -4.71. The van der Waals surface area contributed by atoms with E-state index in [-0.39, 0.29) is 23.6 Å². The Balaban J connectivity index is 1.70. The summed E-state index contributed by atoms with van der Waals surface area (Å²) in [5.74, 6) is -0.610. The van der Waals surface area contributed by atoms with E-state index in [1.54, 1.807) is 20.8 Å². The molecule has 7 nitrogen and oxygen atoms in total. The van der Waals surface area contributed by atoms with Crippen LogP contribution in [0.2, 0.25) is 0 Å². The van der Waals surface area contributed by atoms with E-state index in [1.807, 2.05) is 0 Å². The number of hydrogen-bond donors (Lipinski definition) is 2. The van der Waals surface area contributed by atoms with Crippen molar-refractivity contribution in [3.8, 4) is 5.75 Å². The molecule has 0 aliphatic carbocycles. The molecule has 0 spiro atoms. The van der Waals surface area contributed by atoms with Gasteiger partial charge in [0.05, 0.1) is 12.5 Å². The summed E-state index contributed by atoms with van der Waals surface area (Å²) in [5.41, 5.74) is 2.84. The molecule has 2 heterocycles. The summed E-state index contributed by atoms with van der Waals surface area (Å²) in [7, 11) is 0. The number of alkyl halides is 3. The summed E-state index contributed by atoms with van der Waals surface area (Å²) < 4.78 is 42.1. The van der Waals surface area contributed by atoms with Gasteiger partial charge in [0.2, 0.25) is 5.91 Å². The van der Waals surface area contributed by atoms with Crippen molar-refractivity contribution in [3.05, 3.63) is 63.2 Å². The Morgan fingerprint density at radius 1 is 1.28 bits per heavy atom. The number of amides is 1. The molecule has 1 aromatic carbocycles. The van der Waals surface area contributed by atoms with Gasteiger partial charge in [-0.3, -0.25) is 14.7 Å². The van der Waals surface area contributed by atoms with Crippen molar-refractivity contribution in [2.75, 3.05) is 0 Å². The molecule has 3 rings (SSSR count). The zero-order chi connectivity index (χ0) is 21.3. The van der Waals surface area contributed by atoms with Crippen molar-refractivity contribution in [1.29, 1.82) is 0 Å². The van der Waals surface area contributed by atoms with Crippen LogP contribution in [0.5, 0.6) is 5.75 Å². The molecule has 3 aromatic rings. The number of rotatable bonds is 5. The number of ether oxygens (including phenoxy) is 1. The summed E-state index contributed by atoms with van der Waals surface area (Å²) >= 11 is 0. The molecule has 0 aliphatic rings. The van der Waals surface area contributed by atoms with Gasteiger partial charge in [-0.2, -0.15) is 0 Å². The lowest BCUT2D eigenvalue weighted by Crippen LogP contribution is -2.29. The van der Waals surface area contributed by atoms with E-state index in [0.717, 1.165) is 0 Å². The van der Waals surface area contributed by atoms with E-state index >= 15 is 0 Å². The van der Waals surface area contributed by atoms with Crippen molar-refractivity contribution in [1.82, 2.24) is 19.9 Å².